The molecule has 0 aliphatic carbocycles. The summed E-state index contributed by atoms with van der Waals surface area (Å²) in [6, 6.07) is 0. The van der Waals surface area contributed by atoms with Crippen LogP contribution in [-0.2, 0) is 0 Å². The molecule has 0 fully saturated rings. The Hall–Kier alpha value is -2.60. The third kappa shape index (κ3) is 27.2. The summed E-state index contributed by atoms with van der Waals surface area (Å²) in [5.41, 5.74) is 14.7. The molecule has 0 N–H and O–H groups in total. The summed E-state index contributed by atoms with van der Waals surface area (Å²) < 4.78 is 0. The molecule has 0 nitrogen and oxygen atoms in total. The Morgan fingerprint density at radius 2 is 0.540 bits per heavy atom. The van der Waals surface area contributed by atoms with Crippen molar-refractivity contribution in [2.24, 2.45) is 17.8 Å². The molecule has 0 aliphatic heterocycles. The Morgan fingerprint density at radius 1 is 0.300 bits per heavy atom. The number of rotatable bonds is 24. The van der Waals surface area contributed by atoms with E-state index >= 15 is 0 Å². The molecule has 0 spiro atoms. The SMILES string of the molecule is CC(C)=CCC/C(C)=C/CC(/C=C(\C)CCC=C(C)C)C(/C=C(\C)CCC=C(C)C)C(/C=C(\C)CCC=C(C)C)C/C=C(\C)CCC=C(C)C. The van der Waals surface area contributed by atoms with Gasteiger partial charge < -0.3 is 0 Å². The highest BCUT2D eigenvalue weighted by Gasteiger charge is 2.25. The lowest BCUT2D eigenvalue weighted by Crippen LogP contribution is -2.21. The second-order valence-electron chi connectivity index (χ2n) is 16.6. The largest absolute Gasteiger partial charge is 0.0856 e. The molecule has 0 heteroatoms. The van der Waals surface area contributed by atoms with Gasteiger partial charge >= 0.3 is 0 Å². The Bertz CT molecular complexity index is 1180. The van der Waals surface area contributed by atoms with Gasteiger partial charge in [-0.2, -0.15) is 0 Å². The van der Waals surface area contributed by atoms with Crippen molar-refractivity contribution in [1.82, 2.24) is 0 Å². The molecule has 0 aromatic carbocycles. The van der Waals surface area contributed by atoms with Crippen LogP contribution in [0, 0.1) is 17.8 Å². The summed E-state index contributed by atoms with van der Waals surface area (Å²) >= 11 is 0. The van der Waals surface area contributed by atoms with E-state index in [1.165, 1.54) is 55.7 Å². The molecule has 0 heterocycles. The molecular weight excluding hydrogens is 601 g/mol. The molecule has 0 aromatic rings. The van der Waals surface area contributed by atoms with Crippen molar-refractivity contribution in [3.63, 3.8) is 0 Å². The second kappa shape index (κ2) is 28.0. The van der Waals surface area contributed by atoms with Crippen molar-refractivity contribution in [1.29, 1.82) is 0 Å². The van der Waals surface area contributed by atoms with E-state index in [-0.39, 0.29) is 0 Å². The number of hydrogen-bond acceptors (Lipinski definition) is 0. The first-order chi connectivity index (χ1) is 23.5. The third-order valence-corrected chi connectivity index (χ3v) is 9.40. The zero-order valence-corrected chi connectivity index (χ0v) is 36.0. The summed E-state index contributed by atoms with van der Waals surface area (Å²) in [5.74, 6) is 1.33. The maximum Gasteiger partial charge on any atom is -0.00988 e. The first-order valence-corrected chi connectivity index (χ1v) is 20.0. The van der Waals surface area contributed by atoms with E-state index in [2.05, 4.69) is 165 Å². The smallest absolute Gasteiger partial charge is 0.00988 e. The standard InChI is InChI=1S/C50H82/c1-38(2)21-16-26-43(11)31-33-48(35-45(13)28-18-23-40(5)6)50(37-47(15)30-20-25-42(9)10)49(36-46(14)29-19-24-41(7)8)34-32-44(12)27-17-22-39(3)4/h21-25,31-32,35-37,48-50H,16-20,26-30,33-34H2,1-15H3/b43-31+,44-32+,45-35+,46-36+,47-37+. The van der Waals surface area contributed by atoms with Gasteiger partial charge in [-0.3, -0.25) is 0 Å². The zero-order valence-electron chi connectivity index (χ0n) is 36.0. The van der Waals surface area contributed by atoms with Crippen molar-refractivity contribution in [3.05, 3.63) is 116 Å². The fourth-order valence-electron chi connectivity index (χ4n) is 6.37. The Morgan fingerprint density at radius 3 is 0.800 bits per heavy atom. The van der Waals surface area contributed by atoms with Gasteiger partial charge in [0.05, 0.1) is 0 Å². The molecule has 0 saturated heterocycles. The first-order valence-electron chi connectivity index (χ1n) is 20.0. The van der Waals surface area contributed by atoms with Crippen molar-refractivity contribution in [3.8, 4) is 0 Å². The molecular formula is C50H82. The van der Waals surface area contributed by atoms with Crippen LogP contribution < -0.4 is 0 Å². The van der Waals surface area contributed by atoms with Gasteiger partial charge in [0.1, 0.15) is 0 Å². The summed E-state index contributed by atoms with van der Waals surface area (Å²) in [6.07, 6.45) is 38.6. The van der Waals surface area contributed by atoms with Crippen LogP contribution in [0.3, 0.4) is 0 Å². The van der Waals surface area contributed by atoms with Crippen LogP contribution in [0.15, 0.2) is 116 Å². The predicted octanol–water partition coefficient (Wildman–Crippen LogP) is 17.1. The minimum atomic E-state index is 0.433. The number of allylic oxidation sites excluding steroid dienone is 20. The topological polar surface area (TPSA) is 0 Å². The summed E-state index contributed by atoms with van der Waals surface area (Å²) in [5, 5.41) is 0. The minimum absolute atomic E-state index is 0.433. The molecule has 2 atom stereocenters. The molecule has 0 radical (unpaired) electrons. The summed E-state index contributed by atoms with van der Waals surface area (Å²) in [7, 11) is 0. The Labute approximate surface area is 314 Å². The highest BCUT2D eigenvalue weighted by Crippen LogP contribution is 2.36. The van der Waals surface area contributed by atoms with Gasteiger partial charge in [0, 0.05) is 0 Å². The third-order valence-electron chi connectivity index (χ3n) is 9.40. The van der Waals surface area contributed by atoms with Crippen LogP contribution in [-0.4, -0.2) is 0 Å². The fourth-order valence-corrected chi connectivity index (χ4v) is 6.37. The van der Waals surface area contributed by atoms with Gasteiger partial charge in [0.2, 0.25) is 0 Å². The quantitative estimate of drug-likeness (QED) is 0.0889. The molecule has 282 valence electrons. The Kier molecular flexibility index (Phi) is 26.6. The van der Waals surface area contributed by atoms with Crippen molar-refractivity contribution >= 4 is 0 Å². The van der Waals surface area contributed by atoms with Gasteiger partial charge in [-0.25, -0.2) is 0 Å². The highest BCUT2D eigenvalue weighted by molar-refractivity contribution is 5.19. The van der Waals surface area contributed by atoms with Crippen LogP contribution in [0.5, 0.6) is 0 Å². The normalized spacial score (nSPS) is 14.8. The van der Waals surface area contributed by atoms with Crippen LogP contribution in [0.4, 0.5) is 0 Å². The van der Waals surface area contributed by atoms with E-state index < -0.39 is 0 Å². The lowest BCUT2D eigenvalue weighted by Gasteiger charge is -2.30. The highest BCUT2D eigenvalue weighted by atomic mass is 14.3. The van der Waals surface area contributed by atoms with E-state index in [1.54, 1.807) is 0 Å². The Balaban J connectivity index is 7.21. The van der Waals surface area contributed by atoms with Crippen LogP contribution in [0.25, 0.3) is 0 Å². The van der Waals surface area contributed by atoms with Crippen molar-refractivity contribution in [2.75, 3.05) is 0 Å². The zero-order chi connectivity index (χ0) is 38.1. The number of hydrogen-bond donors (Lipinski definition) is 0. The van der Waals surface area contributed by atoms with E-state index in [4.69, 9.17) is 0 Å². The van der Waals surface area contributed by atoms with Crippen LogP contribution in [0.2, 0.25) is 0 Å². The molecule has 0 amide bonds. The van der Waals surface area contributed by atoms with Crippen LogP contribution in [0.1, 0.15) is 181 Å². The molecule has 2 unspecified atom stereocenters. The molecule has 0 aliphatic rings. The lowest BCUT2D eigenvalue weighted by molar-refractivity contribution is 0.369. The van der Waals surface area contributed by atoms with Gasteiger partial charge in [-0.05, 0) is 199 Å². The first kappa shape index (κ1) is 47.4. The maximum atomic E-state index is 2.70. The average Bonchev–Trinajstić information content (AvgIpc) is 2.99. The molecule has 0 aromatic heterocycles. The van der Waals surface area contributed by atoms with Gasteiger partial charge in [0.15, 0.2) is 0 Å². The average molecular weight is 683 g/mol. The van der Waals surface area contributed by atoms with Crippen molar-refractivity contribution < 1.29 is 0 Å². The monoisotopic (exact) mass is 683 g/mol. The molecule has 0 bridgehead atoms. The summed E-state index contributed by atoms with van der Waals surface area (Å²) in [4.78, 5) is 0. The van der Waals surface area contributed by atoms with Crippen LogP contribution >= 0.6 is 0 Å². The van der Waals surface area contributed by atoms with E-state index in [0.717, 1.165) is 77.0 Å². The molecule has 0 rings (SSSR count). The molecule has 0 saturated carbocycles. The minimum Gasteiger partial charge on any atom is -0.0856 e. The van der Waals surface area contributed by atoms with Gasteiger partial charge in [-0.1, -0.05) is 116 Å². The van der Waals surface area contributed by atoms with E-state index in [1.807, 2.05) is 0 Å². The summed E-state index contributed by atoms with van der Waals surface area (Å²) in [6.45, 7) is 34.0. The van der Waals surface area contributed by atoms with Gasteiger partial charge in [0.25, 0.3) is 0 Å². The maximum absolute atomic E-state index is 2.70. The predicted molar refractivity (Wildman–Crippen MR) is 232 cm³/mol. The fraction of sp³-hybridized carbons (Fsp3) is 0.600. The van der Waals surface area contributed by atoms with E-state index in [0.29, 0.717) is 17.8 Å². The lowest BCUT2D eigenvalue weighted by atomic mass is 9.74. The molecule has 50 heavy (non-hydrogen) atoms. The van der Waals surface area contributed by atoms with Crippen molar-refractivity contribution in [2.45, 2.75) is 181 Å². The van der Waals surface area contributed by atoms with E-state index in [9.17, 15) is 0 Å². The van der Waals surface area contributed by atoms with Gasteiger partial charge in [-0.15, -0.1) is 0 Å². The second-order valence-corrected chi connectivity index (χ2v) is 16.6.